The Morgan fingerprint density at radius 3 is 2.50 bits per heavy atom. The molecule has 0 bridgehead atoms. The summed E-state index contributed by atoms with van der Waals surface area (Å²) in [5, 5.41) is 6.23. The van der Waals surface area contributed by atoms with Gasteiger partial charge in [-0.25, -0.2) is 14.3 Å². The number of rotatable bonds is 5. The molecule has 8 heteroatoms. The molecule has 3 aromatic rings. The first-order valence-electron chi connectivity index (χ1n) is 9.87. The van der Waals surface area contributed by atoms with E-state index in [9.17, 15) is 0 Å². The summed E-state index contributed by atoms with van der Waals surface area (Å²) in [5.41, 5.74) is 9.36. The summed E-state index contributed by atoms with van der Waals surface area (Å²) < 4.78 is 8.44. The van der Waals surface area contributed by atoms with Crippen LogP contribution in [-0.4, -0.2) is 45.3 Å². The second kappa shape index (κ2) is 7.97. The molecule has 2 aliphatic rings. The van der Waals surface area contributed by atoms with E-state index in [1.807, 2.05) is 37.4 Å². The van der Waals surface area contributed by atoms with Gasteiger partial charge in [0.15, 0.2) is 5.82 Å². The van der Waals surface area contributed by atoms with E-state index >= 15 is 0 Å². The topological polar surface area (TPSA) is 79.9 Å². The van der Waals surface area contributed by atoms with Crippen LogP contribution < -0.4 is 5.73 Å². The van der Waals surface area contributed by atoms with Crippen LogP contribution in [-0.2, 0) is 4.74 Å². The Kier molecular flexibility index (Phi) is 5.02. The molecule has 5 rings (SSSR count). The first-order chi connectivity index (χ1) is 14.7. The molecule has 1 saturated heterocycles. The number of hydrogen-bond donors (Lipinski definition) is 1. The third kappa shape index (κ3) is 3.71. The molecule has 30 heavy (non-hydrogen) atoms. The highest BCUT2D eigenvalue weighted by Gasteiger charge is 2.31. The van der Waals surface area contributed by atoms with Gasteiger partial charge in [-0.05, 0) is 42.6 Å². The van der Waals surface area contributed by atoms with Gasteiger partial charge in [0.25, 0.3) is 0 Å². The number of hydrazone groups is 1. The third-order valence-corrected chi connectivity index (χ3v) is 6.20. The highest BCUT2D eigenvalue weighted by Crippen LogP contribution is 2.32. The van der Waals surface area contributed by atoms with Crippen molar-refractivity contribution >= 4 is 23.7 Å². The molecule has 0 aliphatic carbocycles. The van der Waals surface area contributed by atoms with Crippen molar-refractivity contribution in [3.8, 4) is 11.3 Å². The lowest BCUT2D eigenvalue weighted by molar-refractivity contribution is 0.0744. The first kappa shape index (κ1) is 18.9. The summed E-state index contributed by atoms with van der Waals surface area (Å²) in [4.78, 5) is 10.4. The van der Waals surface area contributed by atoms with Gasteiger partial charge in [-0.15, -0.1) is 5.10 Å². The van der Waals surface area contributed by atoms with E-state index in [-0.39, 0.29) is 0 Å². The predicted octanol–water partition coefficient (Wildman–Crippen LogP) is 3.76. The maximum Gasteiger partial charge on any atom is 0.240 e. The first-order valence-corrected chi connectivity index (χ1v) is 10.6. The van der Waals surface area contributed by atoms with Crippen molar-refractivity contribution < 1.29 is 4.74 Å². The van der Waals surface area contributed by atoms with E-state index in [4.69, 9.17) is 15.5 Å². The zero-order valence-corrected chi connectivity index (χ0v) is 17.4. The van der Waals surface area contributed by atoms with Crippen molar-refractivity contribution in [1.29, 1.82) is 0 Å². The van der Waals surface area contributed by atoms with Crippen LogP contribution in [0.4, 0.5) is 5.82 Å². The SMILES string of the molecule is CN1N=C(c2ccccc2)OC1c1nc(-c2ccc(SN3CCC3)cc2)cnc1N. The molecule has 2 aliphatic heterocycles. The molecule has 0 amide bonds. The number of benzene rings is 2. The molecule has 2 N–H and O–H groups in total. The van der Waals surface area contributed by atoms with Gasteiger partial charge in [-0.2, -0.15) is 0 Å². The van der Waals surface area contributed by atoms with Crippen molar-refractivity contribution in [3.63, 3.8) is 0 Å². The molecule has 152 valence electrons. The fourth-order valence-electron chi connectivity index (χ4n) is 3.29. The summed E-state index contributed by atoms with van der Waals surface area (Å²) in [6.07, 6.45) is 2.46. The monoisotopic (exact) mass is 418 g/mol. The minimum Gasteiger partial charge on any atom is -0.444 e. The lowest BCUT2D eigenvalue weighted by atomic mass is 10.1. The maximum absolute atomic E-state index is 6.15. The summed E-state index contributed by atoms with van der Waals surface area (Å²) >= 11 is 1.79. The van der Waals surface area contributed by atoms with Crippen molar-refractivity contribution in [2.75, 3.05) is 25.9 Å². The number of aromatic nitrogens is 2. The summed E-state index contributed by atoms with van der Waals surface area (Å²) in [6, 6.07) is 18.1. The van der Waals surface area contributed by atoms with Gasteiger partial charge < -0.3 is 10.5 Å². The third-order valence-electron chi connectivity index (χ3n) is 5.09. The van der Waals surface area contributed by atoms with E-state index in [1.165, 1.54) is 11.3 Å². The molecule has 0 radical (unpaired) electrons. The number of ether oxygens (including phenoxy) is 1. The molecule has 0 spiro atoms. The number of anilines is 1. The fraction of sp³-hybridized carbons (Fsp3) is 0.227. The van der Waals surface area contributed by atoms with E-state index < -0.39 is 6.23 Å². The number of nitrogens with zero attached hydrogens (tertiary/aromatic N) is 5. The molecule has 7 nitrogen and oxygen atoms in total. The second-order valence-corrected chi connectivity index (χ2v) is 8.41. The van der Waals surface area contributed by atoms with Crippen molar-refractivity contribution in [2.45, 2.75) is 17.5 Å². The molecule has 1 unspecified atom stereocenters. The Morgan fingerprint density at radius 2 is 1.80 bits per heavy atom. The van der Waals surface area contributed by atoms with Crippen LogP contribution >= 0.6 is 11.9 Å². The minimum absolute atomic E-state index is 0.338. The van der Waals surface area contributed by atoms with Gasteiger partial charge in [0.2, 0.25) is 12.1 Å². The second-order valence-electron chi connectivity index (χ2n) is 7.24. The Balaban J connectivity index is 1.37. The number of hydrogen-bond acceptors (Lipinski definition) is 8. The predicted molar refractivity (Wildman–Crippen MR) is 118 cm³/mol. The Morgan fingerprint density at radius 1 is 1.03 bits per heavy atom. The van der Waals surface area contributed by atoms with Crippen molar-refractivity contribution in [1.82, 2.24) is 19.3 Å². The number of nitrogen functional groups attached to an aromatic ring is 1. The molecule has 2 aromatic carbocycles. The molecule has 0 saturated carbocycles. The standard InChI is InChI=1S/C22H22N6OS/c1-27-22(29-21(26-27)16-6-3-2-4-7-16)19-20(23)24-14-18(25-19)15-8-10-17(11-9-15)30-28-12-5-13-28/h2-4,6-11,14,22H,5,12-13H2,1H3,(H2,23,24). The van der Waals surface area contributed by atoms with Gasteiger partial charge in [-0.3, -0.25) is 5.01 Å². The van der Waals surface area contributed by atoms with Crippen LogP contribution in [0.1, 0.15) is 23.9 Å². The van der Waals surface area contributed by atoms with Gasteiger partial charge in [-0.1, -0.05) is 30.3 Å². The van der Waals surface area contributed by atoms with Gasteiger partial charge in [0.1, 0.15) is 5.69 Å². The highest BCUT2D eigenvalue weighted by molar-refractivity contribution is 7.97. The van der Waals surface area contributed by atoms with E-state index in [0.717, 1.165) is 29.9 Å². The summed E-state index contributed by atoms with van der Waals surface area (Å²) in [7, 11) is 1.84. The number of nitrogens with two attached hydrogens (primary N) is 1. The van der Waals surface area contributed by atoms with Crippen LogP contribution in [0.2, 0.25) is 0 Å². The lowest BCUT2D eigenvalue weighted by Crippen LogP contribution is -2.30. The minimum atomic E-state index is -0.520. The van der Waals surface area contributed by atoms with Crippen LogP contribution in [0.25, 0.3) is 11.3 Å². The van der Waals surface area contributed by atoms with Gasteiger partial charge in [0.05, 0.1) is 11.9 Å². The quantitative estimate of drug-likeness (QED) is 0.632. The molecular formula is C22H22N6OS. The smallest absolute Gasteiger partial charge is 0.240 e. The lowest BCUT2D eigenvalue weighted by Gasteiger charge is -2.29. The average molecular weight is 419 g/mol. The molecule has 3 heterocycles. The largest absolute Gasteiger partial charge is 0.444 e. The van der Waals surface area contributed by atoms with Crippen molar-refractivity contribution in [2.24, 2.45) is 5.10 Å². The molecule has 1 fully saturated rings. The molecule has 1 aromatic heterocycles. The average Bonchev–Trinajstić information content (AvgIpc) is 3.14. The van der Waals surface area contributed by atoms with Crippen LogP contribution in [0, 0.1) is 0 Å². The van der Waals surface area contributed by atoms with Crippen LogP contribution in [0.5, 0.6) is 0 Å². The zero-order valence-electron chi connectivity index (χ0n) is 16.6. The Labute approximate surface area is 179 Å². The van der Waals surface area contributed by atoms with Crippen molar-refractivity contribution in [3.05, 3.63) is 72.1 Å². The maximum atomic E-state index is 6.15. The Hall–Kier alpha value is -3.10. The van der Waals surface area contributed by atoms with Crippen LogP contribution in [0.15, 0.2) is 70.8 Å². The Bertz CT molecular complexity index is 1070. The van der Waals surface area contributed by atoms with Gasteiger partial charge in [0, 0.05) is 36.2 Å². The highest BCUT2D eigenvalue weighted by atomic mass is 32.2. The van der Waals surface area contributed by atoms with E-state index in [1.54, 1.807) is 23.2 Å². The van der Waals surface area contributed by atoms with E-state index in [2.05, 4.69) is 38.7 Å². The summed E-state index contributed by atoms with van der Waals surface area (Å²) in [5.74, 6) is 0.882. The fourth-order valence-corrected chi connectivity index (χ4v) is 4.28. The zero-order chi connectivity index (χ0) is 20.5. The summed E-state index contributed by atoms with van der Waals surface area (Å²) in [6.45, 7) is 2.31. The molecule has 1 atom stereocenters. The van der Waals surface area contributed by atoms with Crippen LogP contribution in [0.3, 0.4) is 0 Å². The van der Waals surface area contributed by atoms with Gasteiger partial charge >= 0.3 is 0 Å². The van der Waals surface area contributed by atoms with E-state index in [0.29, 0.717) is 17.4 Å². The normalized spacial score (nSPS) is 18.6. The molecular weight excluding hydrogens is 396 g/mol.